The summed E-state index contributed by atoms with van der Waals surface area (Å²) < 4.78 is 9.82. The van der Waals surface area contributed by atoms with Gasteiger partial charge in [0.2, 0.25) is 0 Å². The number of carbonyl (C=O) groups excluding carboxylic acids is 1. The van der Waals surface area contributed by atoms with Crippen molar-refractivity contribution in [1.29, 1.82) is 0 Å². The smallest absolute Gasteiger partial charge is 0.313 e. The molecule has 0 radical (unpaired) electrons. The predicted octanol–water partition coefficient (Wildman–Crippen LogP) is 1.69. The summed E-state index contributed by atoms with van der Waals surface area (Å²) in [5.41, 5.74) is 1.60. The number of hydrogen-bond acceptors (Lipinski definition) is 4. The van der Waals surface area contributed by atoms with Gasteiger partial charge in [0.1, 0.15) is 17.9 Å². The van der Waals surface area contributed by atoms with E-state index in [1.54, 1.807) is 12.3 Å². The summed E-state index contributed by atoms with van der Waals surface area (Å²) in [6.07, 6.45) is 1.72. The number of rotatable bonds is 3. The van der Waals surface area contributed by atoms with Gasteiger partial charge in [-0.1, -0.05) is 0 Å². The fraction of sp³-hybridized carbons (Fsp3) is 0.273. The van der Waals surface area contributed by atoms with Gasteiger partial charge in [-0.05, 0) is 19.1 Å². The van der Waals surface area contributed by atoms with Gasteiger partial charge in [-0.25, -0.2) is 4.98 Å². The van der Waals surface area contributed by atoms with Crippen LogP contribution in [0.1, 0.15) is 11.5 Å². The molecule has 0 aliphatic rings. The van der Waals surface area contributed by atoms with Gasteiger partial charge in [0.15, 0.2) is 5.76 Å². The summed E-state index contributed by atoms with van der Waals surface area (Å²) >= 11 is 0. The first-order chi connectivity index (χ1) is 7.70. The highest BCUT2D eigenvalue weighted by Gasteiger charge is 2.13. The van der Waals surface area contributed by atoms with Gasteiger partial charge >= 0.3 is 5.97 Å². The number of hydrogen-bond donors (Lipinski definition) is 1. The second-order valence-corrected chi connectivity index (χ2v) is 3.39. The number of nitrogens with zero attached hydrogens (tertiary/aromatic N) is 1. The molecule has 1 N–H and O–H groups in total. The van der Waals surface area contributed by atoms with E-state index in [1.807, 2.05) is 13.0 Å². The summed E-state index contributed by atoms with van der Waals surface area (Å²) in [4.78, 5) is 18.4. The summed E-state index contributed by atoms with van der Waals surface area (Å²) in [7, 11) is 1.35. The first-order valence-corrected chi connectivity index (χ1v) is 4.87. The molecule has 5 nitrogen and oxygen atoms in total. The molecule has 0 spiro atoms. The van der Waals surface area contributed by atoms with Gasteiger partial charge in [0.25, 0.3) is 0 Å². The number of H-pyrrole nitrogens is 1. The minimum absolute atomic E-state index is 0.137. The lowest BCUT2D eigenvalue weighted by Crippen LogP contribution is -2.05. The van der Waals surface area contributed by atoms with E-state index in [0.29, 0.717) is 11.6 Å². The normalized spacial score (nSPS) is 10.4. The molecule has 2 aromatic heterocycles. The van der Waals surface area contributed by atoms with E-state index < -0.39 is 0 Å². The molecular weight excluding hydrogens is 208 g/mol. The number of aromatic amines is 1. The van der Waals surface area contributed by atoms with Crippen molar-refractivity contribution in [2.45, 2.75) is 13.3 Å². The van der Waals surface area contributed by atoms with Crippen LogP contribution in [-0.2, 0) is 16.0 Å². The molecule has 0 atom stereocenters. The number of methoxy groups -OCH3 is 1. The van der Waals surface area contributed by atoms with Crippen molar-refractivity contribution in [3.8, 4) is 11.5 Å². The van der Waals surface area contributed by atoms with Crippen molar-refractivity contribution in [2.75, 3.05) is 7.11 Å². The Morgan fingerprint density at radius 1 is 1.62 bits per heavy atom. The van der Waals surface area contributed by atoms with Crippen LogP contribution >= 0.6 is 0 Å². The van der Waals surface area contributed by atoms with Crippen LogP contribution in [0.3, 0.4) is 0 Å². The molecule has 0 saturated carbocycles. The van der Waals surface area contributed by atoms with E-state index >= 15 is 0 Å². The Morgan fingerprint density at radius 2 is 2.44 bits per heavy atom. The number of carbonyl (C=O) groups is 1. The second kappa shape index (κ2) is 4.22. The second-order valence-electron chi connectivity index (χ2n) is 3.39. The average Bonchev–Trinajstić information content (AvgIpc) is 2.87. The van der Waals surface area contributed by atoms with Crippen LogP contribution in [0.2, 0.25) is 0 Å². The fourth-order valence-corrected chi connectivity index (χ4v) is 1.47. The van der Waals surface area contributed by atoms with E-state index in [2.05, 4.69) is 14.7 Å². The molecule has 16 heavy (non-hydrogen) atoms. The number of esters is 1. The Bertz CT molecular complexity index is 485. The van der Waals surface area contributed by atoms with E-state index in [4.69, 9.17) is 4.42 Å². The maximum absolute atomic E-state index is 11.1. The molecule has 0 aliphatic heterocycles. The van der Waals surface area contributed by atoms with Gasteiger partial charge in [-0.3, -0.25) is 4.79 Å². The first-order valence-electron chi connectivity index (χ1n) is 4.87. The van der Waals surface area contributed by atoms with Gasteiger partial charge < -0.3 is 14.1 Å². The lowest BCUT2D eigenvalue weighted by molar-refractivity contribution is -0.139. The molecule has 84 valence electrons. The number of imidazole rings is 1. The average molecular weight is 220 g/mol. The monoisotopic (exact) mass is 220 g/mol. The number of nitrogens with one attached hydrogen (secondary N) is 1. The Labute approximate surface area is 92.4 Å². The standard InChI is InChI=1S/C11H12N2O3/c1-7-11(8-4-3-5-16-8)13-9(12-7)6-10(14)15-2/h3-5H,6H2,1-2H3,(H,12,13). The van der Waals surface area contributed by atoms with Crippen molar-refractivity contribution < 1.29 is 13.9 Å². The number of aryl methyl sites for hydroxylation is 1. The molecule has 0 saturated heterocycles. The lowest BCUT2D eigenvalue weighted by atomic mass is 10.3. The van der Waals surface area contributed by atoms with Crippen LogP contribution < -0.4 is 0 Å². The Morgan fingerprint density at radius 3 is 3.06 bits per heavy atom. The topological polar surface area (TPSA) is 68.1 Å². The van der Waals surface area contributed by atoms with Crippen molar-refractivity contribution in [2.24, 2.45) is 0 Å². The van der Waals surface area contributed by atoms with Crippen molar-refractivity contribution in [3.05, 3.63) is 29.9 Å². The number of ether oxygens (including phenoxy) is 1. The highest BCUT2D eigenvalue weighted by atomic mass is 16.5. The van der Waals surface area contributed by atoms with Crippen LogP contribution in [0.25, 0.3) is 11.5 Å². The zero-order valence-corrected chi connectivity index (χ0v) is 9.11. The van der Waals surface area contributed by atoms with Crippen LogP contribution in [-0.4, -0.2) is 23.0 Å². The molecule has 0 aromatic carbocycles. The molecule has 0 amide bonds. The maximum atomic E-state index is 11.1. The quantitative estimate of drug-likeness (QED) is 0.799. The van der Waals surface area contributed by atoms with Crippen LogP contribution in [0.15, 0.2) is 22.8 Å². The van der Waals surface area contributed by atoms with E-state index in [1.165, 1.54) is 7.11 Å². The molecule has 2 aromatic rings. The molecule has 2 heterocycles. The van der Waals surface area contributed by atoms with Gasteiger partial charge in [-0.15, -0.1) is 0 Å². The summed E-state index contributed by atoms with van der Waals surface area (Å²) in [6.45, 7) is 1.88. The minimum Gasteiger partial charge on any atom is -0.469 e. The fourth-order valence-electron chi connectivity index (χ4n) is 1.47. The van der Waals surface area contributed by atoms with Gasteiger partial charge in [-0.2, -0.15) is 0 Å². The van der Waals surface area contributed by atoms with E-state index in [0.717, 1.165) is 11.4 Å². The lowest BCUT2D eigenvalue weighted by Gasteiger charge is -1.93. The highest BCUT2D eigenvalue weighted by molar-refractivity contribution is 5.71. The Hall–Kier alpha value is -2.04. The minimum atomic E-state index is -0.320. The van der Waals surface area contributed by atoms with Crippen LogP contribution in [0.5, 0.6) is 0 Å². The molecule has 0 fully saturated rings. The SMILES string of the molecule is COC(=O)Cc1nc(-c2ccco2)c(C)[nH]1. The highest BCUT2D eigenvalue weighted by Crippen LogP contribution is 2.21. The van der Waals surface area contributed by atoms with Crippen molar-refractivity contribution in [1.82, 2.24) is 9.97 Å². The molecule has 0 aliphatic carbocycles. The van der Waals surface area contributed by atoms with Crippen molar-refractivity contribution >= 4 is 5.97 Å². The summed E-state index contributed by atoms with van der Waals surface area (Å²) in [6, 6.07) is 3.62. The zero-order chi connectivity index (χ0) is 11.5. The number of aromatic nitrogens is 2. The predicted molar refractivity (Wildman–Crippen MR) is 56.7 cm³/mol. The summed E-state index contributed by atoms with van der Waals surface area (Å²) in [5, 5.41) is 0. The first kappa shape index (κ1) is 10.5. The molecule has 0 bridgehead atoms. The molecule has 5 heteroatoms. The summed E-state index contributed by atoms with van der Waals surface area (Å²) in [5.74, 6) is 0.945. The Kier molecular flexibility index (Phi) is 2.76. The van der Waals surface area contributed by atoms with Gasteiger partial charge in [0, 0.05) is 5.69 Å². The number of furan rings is 1. The van der Waals surface area contributed by atoms with E-state index in [-0.39, 0.29) is 12.4 Å². The van der Waals surface area contributed by atoms with E-state index in [9.17, 15) is 4.79 Å². The molecular formula is C11H12N2O3. The third kappa shape index (κ3) is 1.98. The molecule has 2 rings (SSSR count). The largest absolute Gasteiger partial charge is 0.469 e. The van der Waals surface area contributed by atoms with Crippen LogP contribution in [0, 0.1) is 6.92 Å². The van der Waals surface area contributed by atoms with Crippen LogP contribution in [0.4, 0.5) is 0 Å². The Balaban J connectivity index is 2.26. The maximum Gasteiger partial charge on any atom is 0.313 e. The third-order valence-electron chi connectivity index (χ3n) is 2.23. The zero-order valence-electron chi connectivity index (χ0n) is 9.11. The molecule has 0 unspecified atom stereocenters. The van der Waals surface area contributed by atoms with Gasteiger partial charge in [0.05, 0.1) is 13.4 Å². The third-order valence-corrected chi connectivity index (χ3v) is 2.23. The van der Waals surface area contributed by atoms with Crippen molar-refractivity contribution in [3.63, 3.8) is 0 Å².